The molecule has 0 atom stereocenters. The summed E-state index contributed by atoms with van der Waals surface area (Å²) in [6.07, 6.45) is 7.57. The predicted molar refractivity (Wildman–Crippen MR) is 121 cm³/mol. The largest absolute Gasteiger partial charge is 0.489 e. The van der Waals surface area contributed by atoms with Gasteiger partial charge in [0.15, 0.2) is 0 Å². The molecule has 5 heteroatoms. The molecular weight excluding hydrogens is 398 g/mol. The number of aliphatic hydroxyl groups excluding tert-OH is 1. The maximum atomic E-state index is 10.7. The number of benzene rings is 2. The molecule has 1 aliphatic heterocycles. The molecule has 0 unspecified atom stereocenters. The summed E-state index contributed by atoms with van der Waals surface area (Å²) >= 11 is 6.57. The summed E-state index contributed by atoms with van der Waals surface area (Å²) in [4.78, 5) is 13.0. The van der Waals surface area contributed by atoms with E-state index < -0.39 is 0 Å². The minimum absolute atomic E-state index is 0.221. The second-order valence-electron chi connectivity index (χ2n) is 8.21. The Morgan fingerprint density at radius 3 is 2.33 bits per heavy atom. The quantitative estimate of drug-likeness (QED) is 0.614. The van der Waals surface area contributed by atoms with Crippen LogP contribution in [-0.2, 0) is 17.9 Å². The Kier molecular flexibility index (Phi) is 8.74. The molecule has 1 saturated carbocycles. The van der Waals surface area contributed by atoms with Crippen LogP contribution >= 0.6 is 11.6 Å². The maximum absolute atomic E-state index is 10.7. The van der Waals surface area contributed by atoms with Crippen LogP contribution in [0.2, 0.25) is 5.02 Å². The van der Waals surface area contributed by atoms with Crippen LogP contribution in [0, 0.1) is 5.92 Å². The summed E-state index contributed by atoms with van der Waals surface area (Å²) in [7, 11) is 1.00. The molecular formula is C25H32ClNO3. The SMILES string of the molecule is CO.O=CC1CN(Cc2ccc(OCc3ccc(C4CCCCC4)c(Cl)c3)cc2)C1. The fourth-order valence-electron chi connectivity index (χ4n) is 4.35. The molecule has 1 heterocycles. The fraction of sp³-hybridized carbons (Fsp3) is 0.480. The molecule has 0 aromatic heterocycles. The van der Waals surface area contributed by atoms with Crippen molar-refractivity contribution < 1.29 is 14.6 Å². The molecule has 0 bridgehead atoms. The number of carbonyl (C=O) groups is 1. The number of likely N-dealkylation sites (tertiary alicyclic amines) is 1. The Balaban J connectivity index is 0.00000124. The summed E-state index contributed by atoms with van der Waals surface area (Å²) in [5.74, 6) is 1.71. The van der Waals surface area contributed by atoms with Crippen LogP contribution in [0.3, 0.4) is 0 Å². The highest BCUT2D eigenvalue weighted by Crippen LogP contribution is 2.36. The maximum Gasteiger partial charge on any atom is 0.125 e. The van der Waals surface area contributed by atoms with Gasteiger partial charge in [0.1, 0.15) is 18.6 Å². The van der Waals surface area contributed by atoms with E-state index in [-0.39, 0.29) is 5.92 Å². The van der Waals surface area contributed by atoms with E-state index in [2.05, 4.69) is 35.2 Å². The molecule has 1 saturated heterocycles. The van der Waals surface area contributed by atoms with E-state index in [9.17, 15) is 4.79 Å². The molecule has 2 aromatic rings. The summed E-state index contributed by atoms with van der Waals surface area (Å²) < 4.78 is 5.95. The number of nitrogens with zero attached hydrogens (tertiary/aromatic N) is 1. The van der Waals surface area contributed by atoms with Crippen molar-refractivity contribution in [2.75, 3.05) is 20.2 Å². The standard InChI is InChI=1S/C24H28ClNO2.CH4O/c25-24-12-19(8-11-23(24)21-4-2-1-3-5-21)17-28-22-9-6-18(7-10-22)13-26-14-20(15-26)16-27;1-2/h6-12,16,20-21H,1-5,13-15,17H2;2H,1H3. The number of hydrogen-bond donors (Lipinski definition) is 1. The van der Waals surface area contributed by atoms with Crippen LogP contribution in [0.5, 0.6) is 5.75 Å². The Hall–Kier alpha value is -1.88. The first-order valence-electron chi connectivity index (χ1n) is 10.8. The van der Waals surface area contributed by atoms with Gasteiger partial charge in [-0.15, -0.1) is 0 Å². The second-order valence-corrected chi connectivity index (χ2v) is 8.62. The number of rotatable bonds is 7. The van der Waals surface area contributed by atoms with E-state index in [1.807, 2.05) is 12.1 Å². The molecule has 162 valence electrons. The van der Waals surface area contributed by atoms with Gasteiger partial charge in [-0.05, 0) is 53.6 Å². The molecule has 1 N–H and O–H groups in total. The zero-order valence-electron chi connectivity index (χ0n) is 17.7. The molecule has 0 amide bonds. The highest BCUT2D eigenvalue weighted by atomic mass is 35.5. The van der Waals surface area contributed by atoms with Crippen molar-refractivity contribution in [1.29, 1.82) is 0 Å². The zero-order chi connectivity index (χ0) is 21.3. The highest BCUT2D eigenvalue weighted by Gasteiger charge is 2.25. The molecule has 4 nitrogen and oxygen atoms in total. The van der Waals surface area contributed by atoms with E-state index in [0.717, 1.165) is 49.4 Å². The van der Waals surface area contributed by atoms with Crippen LogP contribution < -0.4 is 4.74 Å². The molecule has 2 aromatic carbocycles. The highest BCUT2D eigenvalue weighted by molar-refractivity contribution is 6.31. The normalized spacial score (nSPS) is 17.6. The van der Waals surface area contributed by atoms with Crippen LogP contribution in [0.1, 0.15) is 54.7 Å². The lowest BCUT2D eigenvalue weighted by molar-refractivity contribution is -0.115. The van der Waals surface area contributed by atoms with Gasteiger partial charge in [0.25, 0.3) is 0 Å². The summed E-state index contributed by atoms with van der Waals surface area (Å²) in [5, 5.41) is 7.88. The predicted octanol–water partition coefficient (Wildman–Crippen LogP) is 5.21. The first kappa shape index (κ1) is 22.8. The van der Waals surface area contributed by atoms with Gasteiger partial charge in [0.2, 0.25) is 0 Å². The second kappa shape index (κ2) is 11.5. The van der Waals surface area contributed by atoms with E-state index in [1.165, 1.54) is 43.2 Å². The lowest BCUT2D eigenvalue weighted by Crippen LogP contribution is -2.46. The van der Waals surface area contributed by atoms with Crippen molar-refractivity contribution in [3.63, 3.8) is 0 Å². The smallest absolute Gasteiger partial charge is 0.125 e. The lowest BCUT2D eigenvalue weighted by Gasteiger charge is -2.36. The monoisotopic (exact) mass is 429 g/mol. The fourth-order valence-corrected chi connectivity index (χ4v) is 4.70. The minimum atomic E-state index is 0.221. The average molecular weight is 430 g/mol. The van der Waals surface area contributed by atoms with Gasteiger partial charge < -0.3 is 14.6 Å². The Morgan fingerprint density at radius 1 is 1.03 bits per heavy atom. The van der Waals surface area contributed by atoms with E-state index in [1.54, 1.807) is 0 Å². The van der Waals surface area contributed by atoms with Gasteiger partial charge in [-0.2, -0.15) is 0 Å². The number of aldehydes is 1. The van der Waals surface area contributed by atoms with Crippen molar-refractivity contribution >= 4 is 17.9 Å². The number of hydrogen-bond acceptors (Lipinski definition) is 4. The first-order valence-corrected chi connectivity index (χ1v) is 11.2. The van der Waals surface area contributed by atoms with Crippen LogP contribution in [0.15, 0.2) is 42.5 Å². The van der Waals surface area contributed by atoms with E-state index in [0.29, 0.717) is 12.5 Å². The van der Waals surface area contributed by atoms with Gasteiger partial charge in [-0.25, -0.2) is 0 Å². The van der Waals surface area contributed by atoms with Crippen molar-refractivity contribution in [3.05, 3.63) is 64.2 Å². The molecule has 1 aliphatic carbocycles. The first-order chi connectivity index (χ1) is 14.7. The number of ether oxygens (including phenoxy) is 1. The third-order valence-corrected chi connectivity index (χ3v) is 6.35. The lowest BCUT2D eigenvalue weighted by atomic mass is 9.84. The van der Waals surface area contributed by atoms with Crippen LogP contribution in [0.25, 0.3) is 0 Å². The van der Waals surface area contributed by atoms with E-state index in [4.69, 9.17) is 21.4 Å². The summed E-state index contributed by atoms with van der Waals surface area (Å²) in [6.45, 7) is 3.17. The van der Waals surface area contributed by atoms with E-state index >= 15 is 0 Å². The molecule has 2 fully saturated rings. The minimum Gasteiger partial charge on any atom is -0.489 e. The third-order valence-electron chi connectivity index (χ3n) is 6.02. The van der Waals surface area contributed by atoms with Gasteiger partial charge in [0.05, 0.1) is 0 Å². The molecule has 0 spiro atoms. The molecule has 0 radical (unpaired) electrons. The summed E-state index contributed by atoms with van der Waals surface area (Å²) in [6, 6.07) is 14.6. The third kappa shape index (κ3) is 6.07. The summed E-state index contributed by atoms with van der Waals surface area (Å²) in [5.41, 5.74) is 3.66. The van der Waals surface area contributed by atoms with Gasteiger partial charge in [-0.3, -0.25) is 4.90 Å². The number of aliphatic hydroxyl groups is 1. The Bertz CT molecular complexity index is 797. The Morgan fingerprint density at radius 2 is 1.70 bits per heavy atom. The average Bonchev–Trinajstić information content (AvgIpc) is 2.77. The van der Waals surface area contributed by atoms with Gasteiger partial charge in [0, 0.05) is 37.7 Å². The van der Waals surface area contributed by atoms with Gasteiger partial charge >= 0.3 is 0 Å². The van der Waals surface area contributed by atoms with Crippen molar-refractivity contribution in [1.82, 2.24) is 4.90 Å². The van der Waals surface area contributed by atoms with Crippen LogP contribution in [-0.4, -0.2) is 36.5 Å². The van der Waals surface area contributed by atoms with Crippen molar-refractivity contribution in [2.45, 2.75) is 51.2 Å². The molecule has 2 aliphatic rings. The molecule has 30 heavy (non-hydrogen) atoms. The molecule has 4 rings (SSSR count). The number of carbonyl (C=O) groups excluding carboxylic acids is 1. The topological polar surface area (TPSA) is 49.8 Å². The van der Waals surface area contributed by atoms with Crippen LogP contribution in [0.4, 0.5) is 0 Å². The van der Waals surface area contributed by atoms with Gasteiger partial charge in [-0.1, -0.05) is 55.1 Å². The van der Waals surface area contributed by atoms with Crippen molar-refractivity contribution in [2.24, 2.45) is 5.92 Å². The zero-order valence-corrected chi connectivity index (χ0v) is 18.5. The number of halogens is 1. The van der Waals surface area contributed by atoms with Crippen molar-refractivity contribution in [3.8, 4) is 5.75 Å². The Labute approximate surface area is 184 Å².